The molecular weight excluding hydrogens is 278 g/mol. The first kappa shape index (κ1) is 14.2. The van der Waals surface area contributed by atoms with Gasteiger partial charge in [0.15, 0.2) is 0 Å². The zero-order valence-corrected chi connectivity index (χ0v) is 11.9. The highest BCUT2D eigenvalue weighted by molar-refractivity contribution is 6.35. The Morgan fingerprint density at radius 2 is 1.70 bits per heavy atom. The highest BCUT2D eigenvalue weighted by atomic mass is 35.5. The van der Waals surface area contributed by atoms with Gasteiger partial charge in [-0.1, -0.05) is 17.7 Å². The molecule has 2 rings (SSSR count). The minimum Gasteiger partial charge on any atom is -0.496 e. The molecule has 0 fully saturated rings. The maximum atomic E-state index is 12.7. The number of methoxy groups -OCH3 is 2. The van der Waals surface area contributed by atoms with Gasteiger partial charge in [-0.2, -0.15) is 0 Å². The van der Waals surface area contributed by atoms with E-state index in [-0.39, 0.29) is 5.78 Å². The largest absolute Gasteiger partial charge is 0.496 e. The summed E-state index contributed by atoms with van der Waals surface area (Å²) in [6.45, 7) is 0. The van der Waals surface area contributed by atoms with Crippen LogP contribution in [0.25, 0.3) is 0 Å². The molecule has 0 heterocycles. The molecule has 0 aromatic heterocycles. The SMILES string of the molecule is COc1cccc(OC)c1C(=O)c1ccc(N)cc1Cl. The number of rotatable bonds is 4. The van der Waals surface area contributed by atoms with Crippen LogP contribution in [0.1, 0.15) is 15.9 Å². The number of hydrogen-bond donors (Lipinski definition) is 1. The van der Waals surface area contributed by atoms with Gasteiger partial charge in [0.25, 0.3) is 0 Å². The number of halogens is 1. The summed E-state index contributed by atoms with van der Waals surface area (Å²) in [4.78, 5) is 12.7. The molecule has 2 aromatic rings. The van der Waals surface area contributed by atoms with Gasteiger partial charge < -0.3 is 15.2 Å². The molecule has 0 radical (unpaired) electrons. The van der Waals surface area contributed by atoms with Crippen molar-refractivity contribution in [2.75, 3.05) is 20.0 Å². The molecule has 0 atom stereocenters. The van der Waals surface area contributed by atoms with Gasteiger partial charge in [0, 0.05) is 11.3 Å². The van der Waals surface area contributed by atoms with Gasteiger partial charge >= 0.3 is 0 Å². The van der Waals surface area contributed by atoms with Crippen molar-refractivity contribution in [3.63, 3.8) is 0 Å². The predicted molar refractivity (Wildman–Crippen MR) is 78.8 cm³/mol. The zero-order valence-electron chi connectivity index (χ0n) is 11.1. The minimum absolute atomic E-state index is 0.274. The lowest BCUT2D eigenvalue weighted by Crippen LogP contribution is -2.07. The third kappa shape index (κ3) is 2.56. The summed E-state index contributed by atoms with van der Waals surface area (Å²) >= 11 is 6.08. The van der Waals surface area contributed by atoms with Crippen molar-refractivity contribution in [1.29, 1.82) is 0 Å². The fourth-order valence-corrected chi connectivity index (χ4v) is 2.20. The van der Waals surface area contributed by atoms with Crippen LogP contribution in [0.4, 0.5) is 5.69 Å². The molecule has 2 N–H and O–H groups in total. The van der Waals surface area contributed by atoms with Gasteiger partial charge in [0.1, 0.15) is 17.1 Å². The van der Waals surface area contributed by atoms with E-state index in [0.29, 0.717) is 33.3 Å². The van der Waals surface area contributed by atoms with Crippen LogP contribution in [-0.4, -0.2) is 20.0 Å². The molecule has 104 valence electrons. The van der Waals surface area contributed by atoms with E-state index < -0.39 is 0 Å². The van der Waals surface area contributed by atoms with Crippen molar-refractivity contribution in [3.8, 4) is 11.5 Å². The molecule has 0 saturated carbocycles. The number of ether oxygens (including phenoxy) is 2. The quantitative estimate of drug-likeness (QED) is 0.694. The molecule has 0 spiro atoms. The Bertz CT molecular complexity index is 633. The molecule has 0 aliphatic heterocycles. The monoisotopic (exact) mass is 291 g/mol. The van der Waals surface area contributed by atoms with E-state index >= 15 is 0 Å². The van der Waals surface area contributed by atoms with Gasteiger partial charge in [-0.05, 0) is 30.3 Å². The van der Waals surface area contributed by atoms with Crippen molar-refractivity contribution >= 4 is 23.1 Å². The Hall–Kier alpha value is -2.20. The van der Waals surface area contributed by atoms with Gasteiger partial charge in [-0.3, -0.25) is 4.79 Å². The maximum Gasteiger partial charge on any atom is 0.202 e. The van der Waals surface area contributed by atoms with E-state index in [9.17, 15) is 4.79 Å². The second-order valence-electron chi connectivity index (χ2n) is 4.11. The topological polar surface area (TPSA) is 61.5 Å². The summed E-state index contributed by atoms with van der Waals surface area (Å²) < 4.78 is 10.5. The number of ketones is 1. The van der Waals surface area contributed by atoms with Crippen LogP contribution in [-0.2, 0) is 0 Å². The lowest BCUT2D eigenvalue weighted by atomic mass is 10.0. The number of carbonyl (C=O) groups excluding carboxylic acids is 1. The molecule has 4 nitrogen and oxygen atoms in total. The number of anilines is 1. The van der Waals surface area contributed by atoms with Crippen LogP contribution in [0.5, 0.6) is 11.5 Å². The number of nitrogens with two attached hydrogens (primary N) is 1. The molecule has 0 bridgehead atoms. The Balaban J connectivity index is 2.58. The Morgan fingerprint density at radius 3 is 2.20 bits per heavy atom. The molecule has 0 aliphatic carbocycles. The number of benzene rings is 2. The third-order valence-electron chi connectivity index (χ3n) is 2.89. The van der Waals surface area contributed by atoms with Crippen molar-refractivity contribution in [2.24, 2.45) is 0 Å². The first-order valence-corrected chi connectivity index (χ1v) is 6.27. The molecular formula is C15H14ClNO3. The Labute approximate surface area is 122 Å². The average Bonchev–Trinajstić information content (AvgIpc) is 2.45. The van der Waals surface area contributed by atoms with E-state index in [1.165, 1.54) is 20.3 Å². The summed E-state index contributed by atoms with van der Waals surface area (Å²) in [5, 5.41) is 0.294. The Morgan fingerprint density at radius 1 is 1.10 bits per heavy atom. The lowest BCUT2D eigenvalue weighted by Gasteiger charge is -2.12. The van der Waals surface area contributed by atoms with E-state index in [1.807, 2.05) is 0 Å². The zero-order chi connectivity index (χ0) is 14.7. The van der Waals surface area contributed by atoms with Gasteiger partial charge in [0.2, 0.25) is 5.78 Å². The number of hydrogen-bond acceptors (Lipinski definition) is 4. The molecule has 0 aliphatic rings. The van der Waals surface area contributed by atoms with Crippen LogP contribution in [0.15, 0.2) is 36.4 Å². The molecule has 0 amide bonds. The molecule has 5 heteroatoms. The number of nitrogen functional groups attached to an aromatic ring is 1. The first-order valence-electron chi connectivity index (χ1n) is 5.89. The van der Waals surface area contributed by atoms with Crippen LogP contribution in [0.3, 0.4) is 0 Å². The fourth-order valence-electron chi connectivity index (χ4n) is 1.93. The van der Waals surface area contributed by atoms with Crippen molar-refractivity contribution in [1.82, 2.24) is 0 Å². The predicted octanol–water partition coefficient (Wildman–Crippen LogP) is 3.17. The molecule has 0 unspecified atom stereocenters. The summed E-state index contributed by atoms with van der Waals surface area (Å²) in [6, 6.07) is 9.89. The highest BCUT2D eigenvalue weighted by Crippen LogP contribution is 2.32. The van der Waals surface area contributed by atoms with Crippen molar-refractivity contribution in [2.45, 2.75) is 0 Å². The highest BCUT2D eigenvalue weighted by Gasteiger charge is 2.21. The average molecular weight is 292 g/mol. The summed E-state index contributed by atoms with van der Waals surface area (Å²) in [5.74, 6) is 0.591. The van der Waals surface area contributed by atoms with E-state index in [2.05, 4.69) is 0 Å². The minimum atomic E-state index is -0.274. The summed E-state index contributed by atoms with van der Waals surface area (Å²) in [6.07, 6.45) is 0. The van der Waals surface area contributed by atoms with Crippen LogP contribution >= 0.6 is 11.6 Å². The van der Waals surface area contributed by atoms with Crippen molar-refractivity contribution < 1.29 is 14.3 Å². The smallest absolute Gasteiger partial charge is 0.202 e. The fraction of sp³-hybridized carbons (Fsp3) is 0.133. The summed E-state index contributed by atoms with van der Waals surface area (Å²) in [7, 11) is 2.99. The second-order valence-corrected chi connectivity index (χ2v) is 4.51. The normalized spacial score (nSPS) is 10.2. The second kappa shape index (κ2) is 5.84. The van der Waals surface area contributed by atoms with Gasteiger partial charge in [0.05, 0.1) is 19.2 Å². The lowest BCUT2D eigenvalue weighted by molar-refractivity contribution is 0.103. The summed E-state index contributed by atoms with van der Waals surface area (Å²) in [5.41, 5.74) is 6.82. The van der Waals surface area contributed by atoms with Crippen LogP contribution < -0.4 is 15.2 Å². The first-order chi connectivity index (χ1) is 9.58. The molecule has 0 saturated heterocycles. The molecule has 2 aromatic carbocycles. The van der Waals surface area contributed by atoms with Crippen molar-refractivity contribution in [3.05, 3.63) is 52.5 Å². The standard InChI is InChI=1S/C15H14ClNO3/c1-19-12-4-3-5-13(20-2)14(12)15(18)10-7-6-9(17)8-11(10)16/h3-8H,17H2,1-2H3. The Kier molecular flexibility index (Phi) is 4.15. The maximum absolute atomic E-state index is 12.7. The van der Waals surface area contributed by atoms with Crippen LogP contribution in [0, 0.1) is 0 Å². The van der Waals surface area contributed by atoms with E-state index in [1.54, 1.807) is 30.3 Å². The van der Waals surface area contributed by atoms with E-state index in [0.717, 1.165) is 0 Å². The number of carbonyl (C=O) groups is 1. The van der Waals surface area contributed by atoms with E-state index in [4.69, 9.17) is 26.8 Å². The molecule has 20 heavy (non-hydrogen) atoms. The van der Waals surface area contributed by atoms with Gasteiger partial charge in [-0.25, -0.2) is 0 Å². The van der Waals surface area contributed by atoms with Crippen LogP contribution in [0.2, 0.25) is 5.02 Å². The van der Waals surface area contributed by atoms with Gasteiger partial charge in [-0.15, -0.1) is 0 Å². The third-order valence-corrected chi connectivity index (χ3v) is 3.21.